The summed E-state index contributed by atoms with van der Waals surface area (Å²) in [5, 5.41) is 0. The zero-order chi connectivity index (χ0) is 16.4. The van der Waals surface area contributed by atoms with Gasteiger partial charge in [-0.15, -0.1) is 0 Å². The first-order chi connectivity index (χ1) is 10.5. The maximum Gasteiger partial charge on any atom is 0.118 e. The van der Waals surface area contributed by atoms with Crippen LogP contribution in [0, 0.1) is 6.92 Å². The SMILES string of the molecule is COc1ccc(C(C)=CNS(=O)[O-])cc1.Cc1ccccc1. The van der Waals surface area contributed by atoms with E-state index in [-0.39, 0.29) is 0 Å². The highest BCUT2D eigenvalue weighted by molar-refractivity contribution is 7.77. The molecule has 4 nitrogen and oxygen atoms in total. The Morgan fingerprint density at radius 3 is 2.14 bits per heavy atom. The molecule has 0 aliphatic carbocycles. The van der Waals surface area contributed by atoms with Gasteiger partial charge in [-0.25, -0.2) is 0 Å². The molecule has 0 aromatic heterocycles. The zero-order valence-corrected chi connectivity index (χ0v) is 13.7. The van der Waals surface area contributed by atoms with Gasteiger partial charge in [-0.3, -0.25) is 4.21 Å². The summed E-state index contributed by atoms with van der Waals surface area (Å²) < 4.78 is 27.7. The van der Waals surface area contributed by atoms with Crippen molar-refractivity contribution >= 4 is 16.8 Å². The van der Waals surface area contributed by atoms with Crippen molar-refractivity contribution in [3.05, 3.63) is 71.9 Å². The van der Waals surface area contributed by atoms with Crippen LogP contribution in [0.4, 0.5) is 0 Å². The van der Waals surface area contributed by atoms with Gasteiger partial charge >= 0.3 is 0 Å². The standard InChI is InChI=1S/C10H13NO3S.C7H8/c1-8(7-11-15(12)13)9-3-5-10(14-2)6-4-9;1-7-5-3-2-4-6-7/h3-7,11H,1-2H3,(H,12,13);2-6H,1H3/p-1. The van der Waals surface area contributed by atoms with Gasteiger partial charge in [-0.1, -0.05) is 48.0 Å². The predicted octanol–water partition coefficient (Wildman–Crippen LogP) is 3.43. The van der Waals surface area contributed by atoms with Crippen molar-refractivity contribution in [3.63, 3.8) is 0 Å². The van der Waals surface area contributed by atoms with Crippen LogP contribution in [0.3, 0.4) is 0 Å². The first-order valence-electron chi connectivity index (χ1n) is 6.71. The molecule has 1 unspecified atom stereocenters. The number of methoxy groups -OCH3 is 1. The number of hydrogen-bond donors (Lipinski definition) is 1. The topological polar surface area (TPSA) is 61.4 Å². The molecule has 0 saturated carbocycles. The van der Waals surface area contributed by atoms with Gasteiger partial charge < -0.3 is 14.0 Å². The molecule has 0 fully saturated rings. The minimum absolute atomic E-state index is 0.770. The van der Waals surface area contributed by atoms with Gasteiger partial charge in [0.2, 0.25) is 0 Å². The molecule has 0 aliphatic heterocycles. The fourth-order valence-electron chi connectivity index (χ4n) is 1.61. The molecule has 22 heavy (non-hydrogen) atoms. The number of benzene rings is 2. The van der Waals surface area contributed by atoms with Crippen LogP contribution in [0.5, 0.6) is 5.75 Å². The van der Waals surface area contributed by atoms with Crippen LogP contribution in [0.25, 0.3) is 5.57 Å². The molecule has 0 amide bonds. The van der Waals surface area contributed by atoms with Crippen LogP contribution in [0.1, 0.15) is 18.1 Å². The monoisotopic (exact) mass is 318 g/mol. The van der Waals surface area contributed by atoms with Gasteiger partial charge in [0.05, 0.1) is 7.11 Å². The lowest BCUT2D eigenvalue weighted by atomic mass is 10.1. The second kappa shape index (κ2) is 9.76. The van der Waals surface area contributed by atoms with E-state index in [0.29, 0.717) is 0 Å². The van der Waals surface area contributed by atoms with Gasteiger partial charge in [-0.2, -0.15) is 0 Å². The highest BCUT2D eigenvalue weighted by Gasteiger charge is 1.95. The number of hydrogen-bond acceptors (Lipinski definition) is 3. The second-order valence-corrected chi connectivity index (χ2v) is 5.27. The van der Waals surface area contributed by atoms with E-state index in [4.69, 9.17) is 4.74 Å². The molecule has 0 aliphatic rings. The molecule has 5 heteroatoms. The Balaban J connectivity index is 0.000000287. The molecule has 2 aromatic rings. The Morgan fingerprint density at radius 2 is 1.73 bits per heavy atom. The van der Waals surface area contributed by atoms with Crippen LogP contribution in [0.15, 0.2) is 60.8 Å². The highest BCUT2D eigenvalue weighted by Crippen LogP contribution is 2.17. The van der Waals surface area contributed by atoms with Crippen LogP contribution in [0.2, 0.25) is 0 Å². The lowest BCUT2D eigenvalue weighted by Gasteiger charge is -2.06. The van der Waals surface area contributed by atoms with Crippen molar-refractivity contribution in [2.75, 3.05) is 7.11 Å². The third kappa shape index (κ3) is 7.06. The van der Waals surface area contributed by atoms with E-state index in [9.17, 15) is 8.76 Å². The molecule has 118 valence electrons. The molecular weight excluding hydrogens is 298 g/mol. The first kappa shape index (κ1) is 17.9. The molecule has 0 bridgehead atoms. The summed E-state index contributed by atoms with van der Waals surface area (Å²) in [6.45, 7) is 3.90. The lowest BCUT2D eigenvalue weighted by molar-refractivity contribution is 0.415. The zero-order valence-electron chi connectivity index (χ0n) is 12.9. The van der Waals surface area contributed by atoms with Crippen molar-refractivity contribution in [1.29, 1.82) is 0 Å². The Morgan fingerprint density at radius 1 is 1.14 bits per heavy atom. The minimum atomic E-state index is -2.27. The van der Waals surface area contributed by atoms with E-state index >= 15 is 0 Å². The third-order valence-corrected chi connectivity index (χ3v) is 3.17. The van der Waals surface area contributed by atoms with Gasteiger partial charge in [0.15, 0.2) is 0 Å². The largest absolute Gasteiger partial charge is 0.755 e. The number of allylic oxidation sites excluding steroid dienone is 1. The Bertz CT molecular complexity index is 610. The van der Waals surface area contributed by atoms with Gasteiger partial charge in [-0.05, 0) is 37.1 Å². The van der Waals surface area contributed by atoms with Gasteiger partial charge in [0.25, 0.3) is 0 Å². The summed E-state index contributed by atoms with van der Waals surface area (Å²) in [7, 11) is 1.60. The van der Waals surface area contributed by atoms with E-state index in [1.807, 2.05) is 49.4 Å². The molecule has 1 atom stereocenters. The van der Waals surface area contributed by atoms with Crippen molar-refractivity contribution in [1.82, 2.24) is 4.72 Å². The van der Waals surface area contributed by atoms with Crippen LogP contribution in [-0.4, -0.2) is 15.9 Å². The van der Waals surface area contributed by atoms with E-state index < -0.39 is 11.3 Å². The van der Waals surface area contributed by atoms with Crippen molar-refractivity contribution in [3.8, 4) is 5.75 Å². The quantitative estimate of drug-likeness (QED) is 0.879. The number of ether oxygens (including phenoxy) is 1. The molecule has 0 spiro atoms. The minimum Gasteiger partial charge on any atom is -0.755 e. The first-order valence-corrected chi connectivity index (χ1v) is 7.78. The summed E-state index contributed by atoms with van der Waals surface area (Å²) in [6, 6.07) is 17.6. The van der Waals surface area contributed by atoms with E-state index in [1.54, 1.807) is 7.11 Å². The average Bonchev–Trinajstić information content (AvgIpc) is 2.54. The van der Waals surface area contributed by atoms with E-state index in [1.165, 1.54) is 11.8 Å². The second-order valence-electron chi connectivity index (χ2n) is 4.56. The summed E-state index contributed by atoms with van der Waals surface area (Å²) in [6.07, 6.45) is 1.44. The van der Waals surface area contributed by atoms with Crippen molar-refractivity contribution in [2.24, 2.45) is 0 Å². The van der Waals surface area contributed by atoms with Crippen molar-refractivity contribution in [2.45, 2.75) is 13.8 Å². The Labute approximate surface area is 134 Å². The third-order valence-electron chi connectivity index (χ3n) is 2.86. The summed E-state index contributed by atoms with van der Waals surface area (Å²) in [4.78, 5) is 0. The summed E-state index contributed by atoms with van der Waals surface area (Å²) in [5.74, 6) is 0.770. The fraction of sp³-hybridized carbons (Fsp3) is 0.176. The smallest absolute Gasteiger partial charge is 0.118 e. The maximum absolute atomic E-state index is 10.3. The summed E-state index contributed by atoms with van der Waals surface area (Å²) >= 11 is -2.27. The average molecular weight is 318 g/mol. The highest BCUT2D eigenvalue weighted by atomic mass is 32.2. The van der Waals surface area contributed by atoms with Crippen LogP contribution in [-0.2, 0) is 11.3 Å². The lowest BCUT2D eigenvalue weighted by Crippen LogP contribution is -2.08. The van der Waals surface area contributed by atoms with Crippen LogP contribution >= 0.6 is 0 Å². The van der Waals surface area contributed by atoms with Crippen molar-refractivity contribution < 1.29 is 13.5 Å². The molecular formula is C17H20NO3S-. The van der Waals surface area contributed by atoms with E-state index in [2.05, 4.69) is 23.8 Å². The maximum atomic E-state index is 10.3. The summed E-state index contributed by atoms with van der Waals surface area (Å²) in [5.41, 5.74) is 3.10. The Hall–Kier alpha value is -2.11. The van der Waals surface area contributed by atoms with Gasteiger partial charge in [0, 0.05) is 17.5 Å². The predicted molar refractivity (Wildman–Crippen MR) is 89.9 cm³/mol. The molecule has 0 heterocycles. The fourth-order valence-corrected chi connectivity index (χ4v) is 1.88. The molecule has 0 saturated heterocycles. The molecule has 1 N–H and O–H groups in total. The number of rotatable bonds is 4. The number of nitrogens with one attached hydrogen (secondary N) is 1. The molecule has 2 rings (SSSR count). The Kier molecular flexibility index (Phi) is 7.96. The van der Waals surface area contributed by atoms with E-state index in [0.717, 1.165) is 16.9 Å². The molecule has 2 aromatic carbocycles. The normalized spacial score (nSPS) is 11.9. The van der Waals surface area contributed by atoms with Crippen LogP contribution < -0.4 is 9.46 Å². The van der Waals surface area contributed by atoms with Gasteiger partial charge in [0.1, 0.15) is 5.75 Å². The molecule has 0 radical (unpaired) electrons. The number of aryl methyl sites for hydroxylation is 1.